The van der Waals surface area contributed by atoms with Gasteiger partial charge in [0.25, 0.3) is 10.1 Å². The summed E-state index contributed by atoms with van der Waals surface area (Å²) in [6, 6.07) is 0. The highest BCUT2D eigenvalue weighted by Crippen LogP contribution is 2.68. The highest BCUT2D eigenvalue weighted by atomic mass is 32.2. The van der Waals surface area contributed by atoms with Crippen LogP contribution in [-0.4, -0.2) is 76.0 Å². The second kappa shape index (κ2) is 10.1. The summed E-state index contributed by atoms with van der Waals surface area (Å²) in [5.41, 5.74) is -0.163. The van der Waals surface area contributed by atoms with Crippen molar-refractivity contribution in [1.82, 2.24) is 5.32 Å². The molecule has 0 radical (unpaired) electrons. The maximum atomic E-state index is 12.3. The van der Waals surface area contributed by atoms with Gasteiger partial charge in [0.15, 0.2) is 0 Å². The maximum Gasteiger partial charge on any atom is 0.266 e. The fourth-order valence-electron chi connectivity index (χ4n) is 9.22. The van der Waals surface area contributed by atoms with Crippen molar-refractivity contribution in [2.75, 3.05) is 12.3 Å². The molecule has 4 fully saturated rings. The van der Waals surface area contributed by atoms with Crippen molar-refractivity contribution >= 4 is 16.0 Å². The summed E-state index contributed by atoms with van der Waals surface area (Å²) >= 11 is 0. The van der Waals surface area contributed by atoms with E-state index in [2.05, 4.69) is 19.2 Å². The predicted molar refractivity (Wildman–Crippen MR) is 133 cm³/mol. The molecule has 0 aromatic heterocycles. The van der Waals surface area contributed by atoms with Gasteiger partial charge in [0.1, 0.15) is 6.10 Å². The van der Waals surface area contributed by atoms with Crippen LogP contribution in [0.2, 0.25) is 0 Å². The van der Waals surface area contributed by atoms with Crippen LogP contribution in [0.4, 0.5) is 0 Å². The minimum absolute atomic E-state index is 0.00101. The van der Waals surface area contributed by atoms with Crippen molar-refractivity contribution < 1.29 is 38.2 Å². The van der Waals surface area contributed by atoms with Crippen LogP contribution in [0.15, 0.2) is 0 Å². The molecule has 0 heterocycles. The molecule has 4 aliphatic carbocycles. The van der Waals surface area contributed by atoms with Crippen LogP contribution in [0.3, 0.4) is 0 Å². The maximum absolute atomic E-state index is 12.3. The molecule has 208 valence electrons. The van der Waals surface area contributed by atoms with Gasteiger partial charge in [-0.15, -0.1) is 0 Å². The van der Waals surface area contributed by atoms with Gasteiger partial charge < -0.3 is 25.7 Å². The minimum atomic E-state index is -4.20. The Morgan fingerprint density at radius 1 is 1.03 bits per heavy atom. The van der Waals surface area contributed by atoms with Gasteiger partial charge in [-0.1, -0.05) is 20.8 Å². The lowest BCUT2D eigenvalue weighted by Crippen LogP contribution is -2.60. The normalized spacial score (nSPS) is 46.2. The van der Waals surface area contributed by atoms with Crippen LogP contribution in [-0.2, 0) is 14.9 Å². The Hall–Kier alpha value is -0.780. The van der Waals surface area contributed by atoms with E-state index in [-0.39, 0.29) is 53.6 Å². The molecule has 10 heteroatoms. The molecule has 12 atom stereocenters. The first kappa shape index (κ1) is 28.2. The number of rotatable bonds is 7. The highest BCUT2D eigenvalue weighted by Gasteiger charge is 2.65. The number of aliphatic hydroxyl groups excluding tert-OH is 4. The summed E-state index contributed by atoms with van der Waals surface area (Å²) in [5.74, 6) is -0.726. The first-order valence-electron chi connectivity index (χ1n) is 13.6. The quantitative estimate of drug-likeness (QED) is 0.268. The Kier molecular flexibility index (Phi) is 7.90. The fourth-order valence-corrected chi connectivity index (χ4v) is 9.58. The van der Waals surface area contributed by atoms with Crippen molar-refractivity contribution in [2.24, 2.45) is 46.3 Å². The van der Waals surface area contributed by atoms with Gasteiger partial charge in [-0.05, 0) is 97.7 Å². The number of amides is 1. The van der Waals surface area contributed by atoms with E-state index in [4.69, 9.17) is 4.55 Å². The molecule has 1 amide bonds. The summed E-state index contributed by atoms with van der Waals surface area (Å²) in [5, 5.41) is 45.8. The minimum Gasteiger partial charge on any atom is -0.393 e. The van der Waals surface area contributed by atoms with Crippen molar-refractivity contribution in [3.8, 4) is 0 Å². The van der Waals surface area contributed by atoms with Crippen molar-refractivity contribution in [1.29, 1.82) is 0 Å². The summed E-state index contributed by atoms with van der Waals surface area (Å²) in [4.78, 5) is 12.3. The van der Waals surface area contributed by atoms with Crippen LogP contribution >= 0.6 is 0 Å². The zero-order chi connectivity index (χ0) is 26.6. The smallest absolute Gasteiger partial charge is 0.266 e. The molecule has 4 rings (SSSR count). The third-order valence-electron chi connectivity index (χ3n) is 11.0. The predicted octanol–water partition coefficient (Wildman–Crippen LogP) is 1.34. The molecule has 9 nitrogen and oxygen atoms in total. The number of carbonyl (C=O) groups excluding carboxylic acids is 1. The number of nitrogens with one attached hydrogen (secondary N) is 1. The number of hydrogen-bond donors (Lipinski definition) is 6. The van der Waals surface area contributed by atoms with Gasteiger partial charge in [-0.3, -0.25) is 9.35 Å². The molecule has 36 heavy (non-hydrogen) atoms. The van der Waals surface area contributed by atoms with E-state index >= 15 is 0 Å². The van der Waals surface area contributed by atoms with Crippen LogP contribution in [0, 0.1) is 46.3 Å². The SMILES string of the molecule is C[C@H](C[C@H](O)C(=O)NCCS(=O)(=O)O)C1C[C@H](O)[C@H]2C3C(CC[C@]12C)[C@@]1(C)CC[C@@H](O)C[C@H]1C[C@H]3O. The molecular weight excluding hydrogens is 486 g/mol. The van der Waals surface area contributed by atoms with E-state index < -0.39 is 40.1 Å². The van der Waals surface area contributed by atoms with Crippen molar-refractivity contribution in [3.63, 3.8) is 0 Å². The molecule has 0 aliphatic heterocycles. The van der Waals surface area contributed by atoms with E-state index in [1.54, 1.807) is 0 Å². The number of aliphatic hydroxyl groups is 4. The summed E-state index contributed by atoms with van der Waals surface area (Å²) < 4.78 is 30.5. The van der Waals surface area contributed by atoms with Gasteiger partial charge >= 0.3 is 0 Å². The average Bonchev–Trinajstić information content (AvgIpc) is 3.05. The lowest BCUT2D eigenvalue weighted by atomic mass is 9.43. The molecule has 0 spiro atoms. The monoisotopic (exact) mass is 531 g/mol. The Labute approximate surface area is 214 Å². The van der Waals surface area contributed by atoms with E-state index in [9.17, 15) is 33.6 Å². The second-order valence-electron chi connectivity index (χ2n) is 12.9. The number of fused-ring (bicyclic) bond motifs is 5. The largest absolute Gasteiger partial charge is 0.393 e. The summed E-state index contributed by atoms with van der Waals surface area (Å²) in [6.07, 6.45) is 3.11. The molecule has 4 saturated carbocycles. The Balaban J connectivity index is 1.46. The van der Waals surface area contributed by atoms with Gasteiger partial charge in [-0.25, -0.2) is 0 Å². The molecule has 0 saturated heterocycles. The van der Waals surface area contributed by atoms with Gasteiger partial charge in [0.2, 0.25) is 5.91 Å². The molecule has 0 bridgehead atoms. The molecule has 3 unspecified atom stereocenters. The van der Waals surface area contributed by atoms with Gasteiger partial charge in [-0.2, -0.15) is 8.42 Å². The van der Waals surface area contributed by atoms with Crippen molar-refractivity contribution in [3.05, 3.63) is 0 Å². The molecule has 0 aromatic carbocycles. The Bertz CT molecular complexity index is 929. The van der Waals surface area contributed by atoms with Gasteiger partial charge in [0.05, 0.1) is 24.1 Å². The number of hydrogen-bond acceptors (Lipinski definition) is 7. The topological polar surface area (TPSA) is 164 Å². The van der Waals surface area contributed by atoms with Crippen LogP contribution in [0.1, 0.15) is 72.1 Å². The Morgan fingerprint density at radius 2 is 1.69 bits per heavy atom. The first-order valence-corrected chi connectivity index (χ1v) is 15.2. The third-order valence-corrected chi connectivity index (χ3v) is 11.7. The first-order chi connectivity index (χ1) is 16.7. The zero-order valence-electron chi connectivity index (χ0n) is 21.7. The zero-order valence-corrected chi connectivity index (χ0v) is 22.5. The fraction of sp³-hybridized carbons (Fsp3) is 0.962. The van der Waals surface area contributed by atoms with Crippen molar-refractivity contribution in [2.45, 2.75) is 96.6 Å². The lowest BCUT2D eigenvalue weighted by molar-refractivity contribution is -0.185. The number of carbonyl (C=O) groups is 1. The molecule has 6 N–H and O–H groups in total. The van der Waals surface area contributed by atoms with E-state index in [1.165, 1.54) is 0 Å². The lowest BCUT2D eigenvalue weighted by Gasteiger charge is -2.62. The Morgan fingerprint density at radius 3 is 2.36 bits per heavy atom. The van der Waals surface area contributed by atoms with E-state index in [0.717, 1.165) is 32.1 Å². The van der Waals surface area contributed by atoms with E-state index in [0.29, 0.717) is 24.7 Å². The summed E-state index contributed by atoms with van der Waals surface area (Å²) in [7, 11) is -4.20. The van der Waals surface area contributed by atoms with Gasteiger partial charge in [0, 0.05) is 6.54 Å². The van der Waals surface area contributed by atoms with Crippen LogP contribution < -0.4 is 5.32 Å². The molecule has 0 aromatic rings. The summed E-state index contributed by atoms with van der Waals surface area (Å²) in [6.45, 7) is 6.25. The standard InChI is InChI=1S/C26H45NO8S/c1-14(10-21(31)24(32)27-8-9-36(33,34)35)18-13-20(30)23-22-17(5-7-26(18,23)3)25(2)6-4-16(28)11-15(25)12-19(22)29/h14-23,28-31H,4-13H2,1-3H3,(H,27,32)(H,33,34,35)/t14-,15+,16-,17?,18?,19-,20+,21+,22?,23+,25+,26-/m1/s1. The average molecular weight is 532 g/mol. The third kappa shape index (κ3) is 5.10. The molecule has 4 aliphatic rings. The van der Waals surface area contributed by atoms with Crippen LogP contribution in [0.5, 0.6) is 0 Å². The van der Waals surface area contributed by atoms with E-state index in [1.807, 2.05) is 6.92 Å². The van der Waals surface area contributed by atoms with Crippen LogP contribution in [0.25, 0.3) is 0 Å². The highest BCUT2D eigenvalue weighted by molar-refractivity contribution is 7.85. The molecular formula is C26H45NO8S. The second-order valence-corrected chi connectivity index (χ2v) is 14.5.